The Kier molecular flexibility index (Phi) is 3.69. The van der Waals surface area contributed by atoms with E-state index in [4.69, 9.17) is 14.6 Å². The van der Waals surface area contributed by atoms with E-state index >= 15 is 0 Å². The molecular weight excluding hydrogens is 264 g/mol. The van der Waals surface area contributed by atoms with Crippen LogP contribution in [-0.4, -0.2) is 3.83 Å². The third kappa shape index (κ3) is 2020. The molecule has 0 aliphatic heterocycles. The van der Waals surface area contributed by atoms with E-state index in [1.54, 1.807) is 0 Å². The summed E-state index contributed by atoms with van der Waals surface area (Å²) in [4.78, 5) is 0. The van der Waals surface area contributed by atoms with E-state index in [0.717, 1.165) is 0 Å². The second-order valence-electron chi connectivity index (χ2n) is 0.396. The van der Waals surface area contributed by atoms with Crippen LogP contribution in [-0.2, 0) is 23.1 Å². The van der Waals surface area contributed by atoms with E-state index in [0.29, 0.717) is 0 Å². The molecule has 0 unspecified atom stereocenters. The molecule has 0 aliphatic carbocycles. The molecule has 0 rings (SSSR count). The van der Waals surface area contributed by atoms with E-state index in [1.807, 2.05) is 0 Å². The molecule has 0 aliphatic rings. The van der Waals surface area contributed by atoms with E-state index in [2.05, 4.69) is 0 Å². The minimum atomic E-state index is -5.86. The average Bonchev–Trinajstić information content (AvgIpc) is 0.722. The van der Waals surface area contributed by atoms with Gasteiger partial charge in [-0.25, -0.2) is 0 Å². The predicted octanol–water partition coefficient (Wildman–Crippen LogP) is -1.61. The third-order valence-electron chi connectivity index (χ3n) is 0. The van der Waals surface area contributed by atoms with Gasteiger partial charge >= 0.3 is 30.8 Å². The Labute approximate surface area is 37.7 Å². The SMILES string of the molecule is [NH4+].[O]=[Re](=[O])([O-])[OH]. The van der Waals surface area contributed by atoms with E-state index in [9.17, 15) is 0 Å². The van der Waals surface area contributed by atoms with Gasteiger partial charge < -0.3 is 6.15 Å². The molecule has 0 spiro atoms. The Balaban J connectivity index is 0. The molecule has 0 bridgehead atoms. The van der Waals surface area contributed by atoms with Gasteiger partial charge in [-0.2, -0.15) is 0 Å². The van der Waals surface area contributed by atoms with Gasteiger partial charge in [0, 0.05) is 0 Å². The van der Waals surface area contributed by atoms with Crippen molar-refractivity contribution in [3.8, 4) is 0 Å². The molecule has 0 saturated carbocycles. The molecule has 5 nitrogen and oxygen atoms in total. The normalized spacial score (nSPS) is 9.67. The van der Waals surface area contributed by atoms with Crippen LogP contribution >= 0.6 is 0 Å². The summed E-state index contributed by atoms with van der Waals surface area (Å²) in [5, 5.41) is 0. The third-order valence-corrected chi connectivity index (χ3v) is 0. The summed E-state index contributed by atoms with van der Waals surface area (Å²) in [6, 6.07) is 0. The zero-order valence-corrected chi connectivity index (χ0v) is 5.77. The van der Waals surface area contributed by atoms with Gasteiger partial charge in [-0.15, -0.1) is 0 Å². The van der Waals surface area contributed by atoms with Gasteiger partial charge in [0.2, 0.25) is 0 Å². The number of rotatable bonds is 0. The summed E-state index contributed by atoms with van der Waals surface area (Å²) < 4.78 is 33.3. The van der Waals surface area contributed by atoms with Gasteiger partial charge in [0.25, 0.3) is 0 Å². The first kappa shape index (κ1) is 9.47. The first-order chi connectivity index (χ1) is 2.00. The molecule has 41 valence electrons. The maximum atomic E-state index is 8.75. The van der Waals surface area contributed by atoms with Crippen LogP contribution in [0.5, 0.6) is 0 Å². The van der Waals surface area contributed by atoms with Crippen molar-refractivity contribution in [2.45, 2.75) is 0 Å². The van der Waals surface area contributed by atoms with Crippen LogP contribution in [0, 0.1) is 0 Å². The van der Waals surface area contributed by atoms with Crippen LogP contribution in [0.2, 0.25) is 0 Å². The van der Waals surface area contributed by atoms with Crippen molar-refractivity contribution < 1.29 is 30.8 Å². The Morgan fingerprint density at radius 2 is 1.50 bits per heavy atom. The van der Waals surface area contributed by atoms with E-state index in [1.165, 1.54) is 0 Å². The molecule has 5 N–H and O–H groups in total. The summed E-state index contributed by atoms with van der Waals surface area (Å²) in [5.74, 6) is 0. The van der Waals surface area contributed by atoms with Crippen molar-refractivity contribution in [2.24, 2.45) is 0 Å². The Morgan fingerprint density at radius 3 is 1.50 bits per heavy atom. The van der Waals surface area contributed by atoms with Crippen molar-refractivity contribution in [2.75, 3.05) is 0 Å². The molecule has 0 radical (unpaired) electrons. The molecule has 0 saturated heterocycles. The van der Waals surface area contributed by atoms with E-state index in [-0.39, 0.29) is 6.15 Å². The second kappa shape index (κ2) is 2.34. The fourth-order valence-corrected chi connectivity index (χ4v) is 0. The molecule has 0 fully saturated rings. The Morgan fingerprint density at radius 1 is 1.50 bits per heavy atom. The molecule has 0 aromatic carbocycles. The Bertz CT molecular complexity index is 90.7. The molecule has 0 aromatic rings. The average molecular weight is 269 g/mol. The molecule has 0 aromatic heterocycles. The monoisotopic (exact) mass is 270 g/mol. The van der Waals surface area contributed by atoms with Gasteiger partial charge in [-0.3, -0.25) is 0 Å². The summed E-state index contributed by atoms with van der Waals surface area (Å²) in [7, 11) is 0. The van der Waals surface area contributed by atoms with Crippen molar-refractivity contribution in [3.63, 3.8) is 0 Å². The predicted molar refractivity (Wildman–Crippen MR) is 9.58 cm³/mol. The molecule has 6 heavy (non-hydrogen) atoms. The van der Waals surface area contributed by atoms with Gasteiger partial charge in [-0.05, 0) is 0 Å². The van der Waals surface area contributed by atoms with Crippen molar-refractivity contribution in [1.29, 1.82) is 0 Å². The molecular formula is H5NO4Re. The molecule has 0 amide bonds. The fourth-order valence-electron chi connectivity index (χ4n) is 0. The standard InChI is InChI=1S/H3N.H2O.3O.Re/h1H3;1H2;;;;/q;;;;-1;+1. The maximum absolute atomic E-state index is 8.75. The van der Waals surface area contributed by atoms with Crippen LogP contribution in [0.4, 0.5) is 0 Å². The van der Waals surface area contributed by atoms with Gasteiger partial charge in [0.1, 0.15) is 0 Å². The number of quaternary nitrogens is 1. The zero-order chi connectivity index (χ0) is 4.50. The zero-order valence-electron chi connectivity index (χ0n) is 3.05. The van der Waals surface area contributed by atoms with E-state index < -0.39 is 16.2 Å². The molecule has 6 heteroatoms. The molecule has 0 heterocycles. The van der Waals surface area contributed by atoms with Crippen LogP contribution in [0.3, 0.4) is 0 Å². The topological polar surface area (TPSA) is 114 Å². The van der Waals surface area contributed by atoms with Crippen molar-refractivity contribution >= 4 is 0 Å². The first-order valence-electron chi connectivity index (χ1n) is 0.632. The molecule has 0 atom stereocenters. The number of hydrogen-bond acceptors (Lipinski definition) is 3. The summed E-state index contributed by atoms with van der Waals surface area (Å²) in [6.07, 6.45) is 0. The number of hydrogen-bond donors (Lipinski definition) is 2. The first-order valence-corrected chi connectivity index (χ1v) is 5.17. The van der Waals surface area contributed by atoms with Crippen molar-refractivity contribution in [1.82, 2.24) is 6.15 Å². The van der Waals surface area contributed by atoms with Gasteiger partial charge in [0.15, 0.2) is 0 Å². The Hall–Kier alpha value is 0.142. The van der Waals surface area contributed by atoms with Gasteiger partial charge in [0.05, 0.1) is 0 Å². The summed E-state index contributed by atoms with van der Waals surface area (Å²) >= 11 is -5.86. The van der Waals surface area contributed by atoms with Crippen LogP contribution < -0.4 is 9.98 Å². The van der Waals surface area contributed by atoms with Crippen LogP contribution in [0.1, 0.15) is 0 Å². The van der Waals surface area contributed by atoms with Gasteiger partial charge in [-0.1, -0.05) is 0 Å². The summed E-state index contributed by atoms with van der Waals surface area (Å²) in [5.41, 5.74) is 0. The fraction of sp³-hybridized carbons (Fsp3) is 0. The minimum absolute atomic E-state index is 0. The van der Waals surface area contributed by atoms with Crippen LogP contribution in [0.15, 0.2) is 0 Å². The summed E-state index contributed by atoms with van der Waals surface area (Å²) in [6.45, 7) is 0. The second-order valence-corrected chi connectivity index (χ2v) is 3.24. The van der Waals surface area contributed by atoms with Crippen molar-refractivity contribution in [3.05, 3.63) is 0 Å². The van der Waals surface area contributed by atoms with Crippen LogP contribution in [0.25, 0.3) is 0 Å². The quantitative estimate of drug-likeness (QED) is 0.550.